The SMILES string of the molecule is O=C(NC1=CC=CNC1C(=O)C(=O)O)OCc1ccccc1. The van der Waals surface area contributed by atoms with Gasteiger partial charge in [0.05, 0.1) is 5.70 Å². The first-order valence-corrected chi connectivity index (χ1v) is 6.45. The molecule has 1 aromatic carbocycles. The summed E-state index contributed by atoms with van der Waals surface area (Å²) in [4.78, 5) is 34.0. The molecule has 1 amide bonds. The van der Waals surface area contributed by atoms with Gasteiger partial charge in [-0.1, -0.05) is 30.3 Å². The number of ether oxygens (including phenoxy) is 1. The predicted molar refractivity (Wildman–Crippen MR) is 76.6 cm³/mol. The molecule has 1 aliphatic rings. The minimum atomic E-state index is -1.59. The van der Waals surface area contributed by atoms with Crippen molar-refractivity contribution in [1.29, 1.82) is 0 Å². The van der Waals surface area contributed by atoms with Gasteiger partial charge < -0.3 is 15.2 Å². The number of carboxylic acids is 1. The van der Waals surface area contributed by atoms with E-state index in [9.17, 15) is 14.4 Å². The van der Waals surface area contributed by atoms with E-state index >= 15 is 0 Å². The molecule has 3 N–H and O–H groups in total. The smallest absolute Gasteiger partial charge is 0.411 e. The maximum Gasteiger partial charge on any atom is 0.411 e. The second kappa shape index (κ2) is 7.07. The highest BCUT2D eigenvalue weighted by Crippen LogP contribution is 2.07. The van der Waals surface area contributed by atoms with Crippen LogP contribution in [0, 0.1) is 0 Å². The van der Waals surface area contributed by atoms with E-state index in [-0.39, 0.29) is 12.3 Å². The summed E-state index contributed by atoms with van der Waals surface area (Å²) in [6.45, 7) is 0.0702. The normalized spacial score (nSPS) is 16.2. The van der Waals surface area contributed by atoms with Gasteiger partial charge in [0.1, 0.15) is 12.6 Å². The molecule has 0 saturated heterocycles. The van der Waals surface area contributed by atoms with Gasteiger partial charge in [-0.25, -0.2) is 9.59 Å². The Bertz CT molecular complexity index is 637. The molecule has 1 aromatic rings. The lowest BCUT2D eigenvalue weighted by molar-refractivity contribution is -0.149. The molecule has 7 heteroatoms. The number of ketones is 1. The summed E-state index contributed by atoms with van der Waals surface area (Å²) in [6, 6.07) is 7.93. The van der Waals surface area contributed by atoms with Crippen molar-refractivity contribution in [3.8, 4) is 0 Å². The molecule has 0 fully saturated rings. The molecule has 1 atom stereocenters. The van der Waals surface area contributed by atoms with Crippen molar-refractivity contribution in [3.05, 3.63) is 59.9 Å². The maximum absolute atomic E-state index is 11.7. The first kappa shape index (κ1) is 15.3. The molecule has 0 aliphatic carbocycles. The van der Waals surface area contributed by atoms with Crippen molar-refractivity contribution < 1.29 is 24.2 Å². The van der Waals surface area contributed by atoms with Crippen molar-refractivity contribution in [2.24, 2.45) is 0 Å². The third kappa shape index (κ3) is 3.95. The molecule has 22 heavy (non-hydrogen) atoms. The number of benzene rings is 1. The zero-order chi connectivity index (χ0) is 15.9. The quantitative estimate of drug-likeness (QED) is 0.699. The second-order valence-corrected chi connectivity index (χ2v) is 4.44. The maximum atomic E-state index is 11.7. The fourth-order valence-corrected chi connectivity index (χ4v) is 1.82. The first-order valence-electron chi connectivity index (χ1n) is 6.45. The molecule has 7 nitrogen and oxygen atoms in total. The average molecular weight is 302 g/mol. The topological polar surface area (TPSA) is 105 Å². The van der Waals surface area contributed by atoms with E-state index in [2.05, 4.69) is 10.6 Å². The number of dihydropyridines is 1. The van der Waals surface area contributed by atoms with Gasteiger partial charge >= 0.3 is 12.1 Å². The van der Waals surface area contributed by atoms with Crippen LogP contribution in [0.5, 0.6) is 0 Å². The van der Waals surface area contributed by atoms with Gasteiger partial charge in [0.25, 0.3) is 5.78 Å². The van der Waals surface area contributed by atoms with Crippen LogP contribution in [-0.4, -0.2) is 29.0 Å². The number of carboxylic acid groups (broad SMARTS) is 1. The molecular formula is C15H14N2O5. The van der Waals surface area contributed by atoms with Crippen molar-refractivity contribution >= 4 is 17.8 Å². The molecule has 2 rings (SSSR count). The van der Waals surface area contributed by atoms with Gasteiger partial charge in [0, 0.05) is 0 Å². The van der Waals surface area contributed by atoms with Gasteiger partial charge in [0.2, 0.25) is 0 Å². The minimum Gasteiger partial charge on any atom is -0.475 e. The van der Waals surface area contributed by atoms with E-state index in [0.29, 0.717) is 0 Å². The molecule has 0 saturated carbocycles. The van der Waals surface area contributed by atoms with Crippen LogP contribution < -0.4 is 10.6 Å². The van der Waals surface area contributed by atoms with Gasteiger partial charge in [-0.15, -0.1) is 0 Å². The summed E-state index contributed by atoms with van der Waals surface area (Å²) >= 11 is 0. The molecule has 114 valence electrons. The number of allylic oxidation sites excluding steroid dienone is 2. The number of hydrogen-bond acceptors (Lipinski definition) is 5. The van der Waals surface area contributed by atoms with Crippen LogP contribution >= 0.6 is 0 Å². The predicted octanol–water partition coefficient (Wildman–Crippen LogP) is 0.936. The number of alkyl carbamates (subject to hydrolysis) is 1. The Hall–Kier alpha value is -3.09. The van der Waals surface area contributed by atoms with E-state index in [0.717, 1.165) is 5.56 Å². The second-order valence-electron chi connectivity index (χ2n) is 4.44. The van der Waals surface area contributed by atoms with E-state index < -0.39 is 23.9 Å². The fraction of sp³-hybridized carbons (Fsp3) is 0.133. The molecule has 1 unspecified atom stereocenters. The molecule has 0 radical (unpaired) electrons. The highest BCUT2D eigenvalue weighted by Gasteiger charge is 2.29. The Kier molecular flexibility index (Phi) is 4.92. The Balaban J connectivity index is 1.94. The van der Waals surface area contributed by atoms with Crippen molar-refractivity contribution in [2.75, 3.05) is 0 Å². The average Bonchev–Trinajstić information content (AvgIpc) is 2.53. The van der Waals surface area contributed by atoms with Crippen LogP contribution in [0.4, 0.5) is 4.79 Å². The van der Waals surface area contributed by atoms with Crippen molar-refractivity contribution in [3.63, 3.8) is 0 Å². The molecular weight excluding hydrogens is 288 g/mol. The van der Waals surface area contributed by atoms with Gasteiger partial charge in [-0.2, -0.15) is 0 Å². The number of rotatable bonds is 5. The van der Waals surface area contributed by atoms with Crippen LogP contribution in [-0.2, 0) is 20.9 Å². The van der Waals surface area contributed by atoms with Gasteiger partial charge in [-0.05, 0) is 23.9 Å². The zero-order valence-electron chi connectivity index (χ0n) is 11.5. The van der Waals surface area contributed by atoms with Crippen molar-refractivity contribution in [2.45, 2.75) is 12.6 Å². The Labute approximate surface area is 126 Å². The summed E-state index contributed by atoms with van der Waals surface area (Å²) in [6.07, 6.45) is 3.63. The number of Topliss-reactive ketones (excluding diaryl/α,β-unsaturated/α-hetero) is 1. The Morgan fingerprint density at radius 1 is 1.23 bits per heavy atom. The summed E-state index contributed by atoms with van der Waals surface area (Å²) in [5.74, 6) is -2.66. The summed E-state index contributed by atoms with van der Waals surface area (Å²) in [7, 11) is 0. The third-order valence-electron chi connectivity index (χ3n) is 2.88. The third-order valence-corrected chi connectivity index (χ3v) is 2.88. The van der Waals surface area contributed by atoms with E-state index in [1.165, 1.54) is 12.3 Å². The van der Waals surface area contributed by atoms with Crippen LogP contribution in [0.15, 0.2) is 54.4 Å². The van der Waals surface area contributed by atoms with E-state index in [4.69, 9.17) is 9.84 Å². The van der Waals surface area contributed by atoms with Crippen LogP contribution in [0.1, 0.15) is 5.56 Å². The Morgan fingerprint density at radius 2 is 1.95 bits per heavy atom. The zero-order valence-corrected chi connectivity index (χ0v) is 11.5. The molecule has 0 aromatic heterocycles. The minimum absolute atomic E-state index is 0.0702. The number of carbonyl (C=O) groups excluding carboxylic acids is 2. The lowest BCUT2D eigenvalue weighted by atomic mass is 10.1. The number of aliphatic carboxylic acids is 1. The van der Waals surface area contributed by atoms with Crippen molar-refractivity contribution in [1.82, 2.24) is 10.6 Å². The number of amides is 1. The first-order chi connectivity index (χ1) is 10.6. The number of hydrogen-bond donors (Lipinski definition) is 3. The molecule has 0 bridgehead atoms. The summed E-state index contributed by atoms with van der Waals surface area (Å²) in [5.41, 5.74) is 0.930. The molecule has 1 aliphatic heterocycles. The van der Waals surface area contributed by atoms with E-state index in [1.807, 2.05) is 18.2 Å². The highest BCUT2D eigenvalue weighted by atomic mass is 16.5. The summed E-state index contributed by atoms with van der Waals surface area (Å²) < 4.78 is 5.02. The number of carbonyl (C=O) groups is 3. The van der Waals surface area contributed by atoms with Gasteiger partial charge in [0.15, 0.2) is 0 Å². The molecule has 1 heterocycles. The van der Waals surface area contributed by atoms with E-state index in [1.54, 1.807) is 18.2 Å². The molecule has 0 spiro atoms. The van der Waals surface area contributed by atoms with Crippen LogP contribution in [0.25, 0.3) is 0 Å². The lowest BCUT2D eigenvalue weighted by Gasteiger charge is -2.21. The number of nitrogens with one attached hydrogen (secondary N) is 2. The largest absolute Gasteiger partial charge is 0.475 e. The fourth-order valence-electron chi connectivity index (χ4n) is 1.82. The Morgan fingerprint density at radius 3 is 2.64 bits per heavy atom. The summed E-state index contributed by atoms with van der Waals surface area (Å²) in [5, 5.41) is 13.7. The van der Waals surface area contributed by atoms with Crippen LogP contribution in [0.2, 0.25) is 0 Å². The van der Waals surface area contributed by atoms with Gasteiger partial charge in [-0.3, -0.25) is 10.1 Å². The van der Waals surface area contributed by atoms with Crippen LogP contribution in [0.3, 0.4) is 0 Å². The highest BCUT2D eigenvalue weighted by molar-refractivity contribution is 6.35. The monoisotopic (exact) mass is 302 g/mol. The standard InChI is InChI=1S/C15H14N2O5/c18-13(14(19)20)12-11(7-4-8-16-12)17-15(21)22-9-10-5-2-1-3-6-10/h1-8,12,16H,9H2,(H,17,21)(H,19,20). The lowest BCUT2D eigenvalue weighted by Crippen LogP contribution is -2.46.